The first kappa shape index (κ1) is 19.4. The Labute approximate surface area is 164 Å². The van der Waals surface area contributed by atoms with Gasteiger partial charge in [0.05, 0.1) is 17.6 Å². The maximum absolute atomic E-state index is 13.6. The number of hydrogen-bond donors (Lipinski definition) is 2. The minimum Gasteiger partial charge on any atom is -0.372 e. The number of rotatable bonds is 7. The molecule has 1 aromatic heterocycles. The summed E-state index contributed by atoms with van der Waals surface area (Å²) in [7, 11) is 0. The molecule has 0 aliphatic carbocycles. The van der Waals surface area contributed by atoms with E-state index in [9.17, 15) is 9.18 Å². The Hall–Kier alpha value is -3.41. The summed E-state index contributed by atoms with van der Waals surface area (Å²) in [5.41, 5.74) is 3.21. The smallest absolute Gasteiger partial charge is 0.274 e. The number of benzene rings is 2. The number of anilines is 4. The molecule has 144 valence electrons. The van der Waals surface area contributed by atoms with Crippen LogP contribution in [0.2, 0.25) is 0 Å². The summed E-state index contributed by atoms with van der Waals surface area (Å²) < 4.78 is 13.6. The molecule has 1 amide bonds. The molecule has 2 N–H and O–H groups in total. The summed E-state index contributed by atoms with van der Waals surface area (Å²) in [6.07, 6.45) is 1.58. The maximum Gasteiger partial charge on any atom is 0.274 e. The van der Waals surface area contributed by atoms with Crippen molar-refractivity contribution in [1.82, 2.24) is 4.98 Å². The molecule has 2 aromatic carbocycles. The van der Waals surface area contributed by atoms with Gasteiger partial charge in [-0.2, -0.15) is 0 Å². The van der Waals surface area contributed by atoms with Crippen LogP contribution < -0.4 is 15.5 Å². The first-order valence-corrected chi connectivity index (χ1v) is 9.24. The predicted molar refractivity (Wildman–Crippen MR) is 112 cm³/mol. The van der Waals surface area contributed by atoms with Crippen molar-refractivity contribution in [2.24, 2.45) is 0 Å². The zero-order chi connectivity index (χ0) is 19.9. The molecule has 0 unspecified atom stereocenters. The first-order chi connectivity index (χ1) is 13.6. The largest absolute Gasteiger partial charge is 0.372 e. The van der Waals surface area contributed by atoms with Crippen LogP contribution in [0.3, 0.4) is 0 Å². The Bertz CT molecular complexity index is 922. The summed E-state index contributed by atoms with van der Waals surface area (Å²) in [5.74, 6) is -0.942. The Kier molecular flexibility index (Phi) is 6.22. The van der Waals surface area contributed by atoms with Crippen molar-refractivity contribution in [2.45, 2.75) is 13.8 Å². The van der Waals surface area contributed by atoms with E-state index in [2.05, 4.69) is 46.5 Å². The van der Waals surface area contributed by atoms with Gasteiger partial charge in [0.1, 0.15) is 11.5 Å². The van der Waals surface area contributed by atoms with Crippen molar-refractivity contribution >= 4 is 28.7 Å². The van der Waals surface area contributed by atoms with Crippen molar-refractivity contribution < 1.29 is 9.18 Å². The number of carbonyl (C=O) groups is 1. The molecule has 0 radical (unpaired) electrons. The van der Waals surface area contributed by atoms with Gasteiger partial charge in [-0.05, 0) is 62.4 Å². The monoisotopic (exact) mass is 378 g/mol. The molecule has 5 nitrogen and oxygen atoms in total. The van der Waals surface area contributed by atoms with Crippen molar-refractivity contribution in [3.8, 4) is 0 Å². The van der Waals surface area contributed by atoms with Crippen LogP contribution in [-0.4, -0.2) is 24.0 Å². The van der Waals surface area contributed by atoms with E-state index < -0.39 is 11.7 Å². The topological polar surface area (TPSA) is 57.3 Å². The van der Waals surface area contributed by atoms with Crippen LogP contribution in [-0.2, 0) is 0 Å². The molecule has 0 atom stereocenters. The molecule has 3 rings (SSSR count). The summed E-state index contributed by atoms with van der Waals surface area (Å²) in [4.78, 5) is 18.7. The number of hydrogen-bond acceptors (Lipinski definition) is 4. The molecular weight excluding hydrogens is 355 g/mol. The van der Waals surface area contributed by atoms with Gasteiger partial charge in [0.25, 0.3) is 5.91 Å². The number of nitrogens with one attached hydrogen (secondary N) is 2. The van der Waals surface area contributed by atoms with Crippen LogP contribution in [0.15, 0.2) is 66.9 Å². The lowest BCUT2D eigenvalue weighted by Gasteiger charge is -2.21. The number of aromatic nitrogens is 1. The standard InChI is InChI=1S/C22H23FN4O/c1-3-27(4-2)18-12-9-16(10-13-18)25-17-11-14-21(24-15-17)22(28)26-20-8-6-5-7-19(20)23/h5-15,25H,3-4H2,1-2H3,(H,26,28). The second-order valence-corrected chi connectivity index (χ2v) is 6.21. The van der Waals surface area contributed by atoms with E-state index in [1.807, 2.05) is 12.1 Å². The van der Waals surface area contributed by atoms with E-state index in [4.69, 9.17) is 0 Å². The number of para-hydroxylation sites is 1. The predicted octanol–water partition coefficient (Wildman–Crippen LogP) is 5.06. The Morgan fingerprint density at radius 3 is 2.25 bits per heavy atom. The van der Waals surface area contributed by atoms with Crippen LogP contribution in [0, 0.1) is 5.82 Å². The second kappa shape index (κ2) is 8.99. The molecule has 0 aliphatic rings. The van der Waals surface area contributed by atoms with Crippen molar-refractivity contribution in [3.63, 3.8) is 0 Å². The van der Waals surface area contributed by atoms with E-state index in [-0.39, 0.29) is 11.4 Å². The molecule has 6 heteroatoms. The molecule has 0 saturated heterocycles. The lowest BCUT2D eigenvalue weighted by Crippen LogP contribution is -2.21. The Balaban J connectivity index is 1.64. The third kappa shape index (κ3) is 4.65. The van der Waals surface area contributed by atoms with Crippen molar-refractivity contribution in [2.75, 3.05) is 28.6 Å². The fourth-order valence-corrected chi connectivity index (χ4v) is 2.86. The highest BCUT2D eigenvalue weighted by molar-refractivity contribution is 6.03. The average Bonchev–Trinajstić information content (AvgIpc) is 2.72. The molecule has 0 bridgehead atoms. The highest BCUT2D eigenvalue weighted by atomic mass is 19.1. The van der Waals surface area contributed by atoms with Crippen LogP contribution in [0.5, 0.6) is 0 Å². The van der Waals surface area contributed by atoms with Gasteiger partial charge in [-0.15, -0.1) is 0 Å². The number of nitrogens with zero attached hydrogens (tertiary/aromatic N) is 2. The SMILES string of the molecule is CCN(CC)c1ccc(Nc2ccc(C(=O)Nc3ccccc3F)nc2)cc1. The van der Waals surface area contributed by atoms with Crippen LogP contribution in [0.4, 0.5) is 27.1 Å². The van der Waals surface area contributed by atoms with Gasteiger partial charge in [-0.25, -0.2) is 9.37 Å². The van der Waals surface area contributed by atoms with Gasteiger partial charge in [0, 0.05) is 24.5 Å². The molecule has 0 fully saturated rings. The quantitative estimate of drug-likeness (QED) is 0.603. The molecule has 0 spiro atoms. The minimum absolute atomic E-state index is 0.129. The van der Waals surface area contributed by atoms with E-state index in [0.29, 0.717) is 0 Å². The fraction of sp³-hybridized carbons (Fsp3) is 0.182. The molecule has 28 heavy (non-hydrogen) atoms. The lowest BCUT2D eigenvalue weighted by molar-refractivity contribution is 0.102. The third-order valence-corrected chi connectivity index (χ3v) is 4.40. The number of amides is 1. The second-order valence-electron chi connectivity index (χ2n) is 6.21. The van der Waals surface area contributed by atoms with Gasteiger partial charge >= 0.3 is 0 Å². The molecule has 3 aromatic rings. The summed E-state index contributed by atoms with van der Waals surface area (Å²) >= 11 is 0. The molecular formula is C22H23FN4O. The first-order valence-electron chi connectivity index (χ1n) is 9.24. The highest BCUT2D eigenvalue weighted by Gasteiger charge is 2.10. The van der Waals surface area contributed by atoms with Gasteiger partial charge in [0.2, 0.25) is 0 Å². The van der Waals surface area contributed by atoms with E-state index in [0.717, 1.165) is 24.5 Å². The highest BCUT2D eigenvalue weighted by Crippen LogP contribution is 2.21. The summed E-state index contributed by atoms with van der Waals surface area (Å²) in [5, 5.41) is 5.78. The van der Waals surface area contributed by atoms with E-state index in [1.54, 1.807) is 30.5 Å². The summed E-state index contributed by atoms with van der Waals surface area (Å²) in [6.45, 7) is 6.18. The zero-order valence-electron chi connectivity index (χ0n) is 15.9. The molecule has 0 saturated carbocycles. The minimum atomic E-state index is -0.484. The van der Waals surface area contributed by atoms with E-state index in [1.165, 1.54) is 17.8 Å². The maximum atomic E-state index is 13.6. The van der Waals surface area contributed by atoms with E-state index >= 15 is 0 Å². The molecule has 0 aliphatic heterocycles. The van der Waals surface area contributed by atoms with Crippen molar-refractivity contribution in [1.29, 1.82) is 0 Å². The average molecular weight is 378 g/mol. The fourth-order valence-electron chi connectivity index (χ4n) is 2.86. The molecule has 1 heterocycles. The van der Waals surface area contributed by atoms with Crippen LogP contribution in [0.25, 0.3) is 0 Å². The number of carbonyl (C=O) groups excluding carboxylic acids is 1. The van der Waals surface area contributed by atoms with Gasteiger partial charge in [-0.3, -0.25) is 4.79 Å². The van der Waals surface area contributed by atoms with Gasteiger partial charge in [0.15, 0.2) is 0 Å². The third-order valence-electron chi connectivity index (χ3n) is 4.40. The van der Waals surface area contributed by atoms with Gasteiger partial charge < -0.3 is 15.5 Å². The Morgan fingerprint density at radius 1 is 0.964 bits per heavy atom. The van der Waals surface area contributed by atoms with Crippen molar-refractivity contribution in [3.05, 3.63) is 78.4 Å². The summed E-state index contributed by atoms with van der Waals surface area (Å²) in [6, 6.07) is 17.5. The Morgan fingerprint density at radius 2 is 1.64 bits per heavy atom. The normalized spacial score (nSPS) is 10.4. The number of pyridine rings is 1. The lowest BCUT2D eigenvalue weighted by atomic mass is 10.2. The van der Waals surface area contributed by atoms with Crippen LogP contribution >= 0.6 is 0 Å². The van der Waals surface area contributed by atoms with Gasteiger partial charge in [-0.1, -0.05) is 12.1 Å². The number of halogens is 1. The zero-order valence-corrected chi connectivity index (χ0v) is 15.9. The van der Waals surface area contributed by atoms with Crippen LogP contribution in [0.1, 0.15) is 24.3 Å².